The number of hydrogen-bond acceptors (Lipinski definition) is 7. The standard InChI is InChI=1S/C16H19N3O3S2/c1-2-21-15(20)13-10-24-9-8-18(13)11-19-16(23)22-14(17-19)12-6-4-3-5-7-12/h3-7,13H,2,8-11H2,1H3/t13-/m1/s1. The van der Waals surface area contributed by atoms with E-state index in [0.29, 0.717) is 24.0 Å². The molecule has 128 valence electrons. The van der Waals surface area contributed by atoms with E-state index in [9.17, 15) is 4.79 Å². The van der Waals surface area contributed by atoms with E-state index in [-0.39, 0.29) is 12.0 Å². The lowest BCUT2D eigenvalue weighted by atomic mass is 10.2. The Morgan fingerprint density at radius 3 is 3.00 bits per heavy atom. The van der Waals surface area contributed by atoms with Crippen LogP contribution in [0.2, 0.25) is 0 Å². The topological polar surface area (TPSA) is 60.5 Å². The van der Waals surface area contributed by atoms with E-state index in [2.05, 4.69) is 5.10 Å². The predicted molar refractivity (Wildman–Crippen MR) is 95.2 cm³/mol. The molecule has 1 aliphatic rings. The molecule has 2 heterocycles. The summed E-state index contributed by atoms with van der Waals surface area (Å²) >= 11 is 7.04. The van der Waals surface area contributed by atoms with Gasteiger partial charge in [-0.3, -0.25) is 9.69 Å². The number of hydrogen-bond donors (Lipinski definition) is 0. The number of carbonyl (C=O) groups excluding carboxylic acids is 1. The van der Waals surface area contributed by atoms with Crippen LogP contribution in [0.1, 0.15) is 6.92 Å². The van der Waals surface area contributed by atoms with E-state index < -0.39 is 0 Å². The van der Waals surface area contributed by atoms with Crippen LogP contribution in [0.15, 0.2) is 34.7 Å². The number of aromatic nitrogens is 2. The molecule has 1 aromatic heterocycles. The average Bonchev–Trinajstić information content (AvgIpc) is 2.97. The molecule has 0 unspecified atom stereocenters. The van der Waals surface area contributed by atoms with E-state index in [1.54, 1.807) is 16.4 Å². The van der Waals surface area contributed by atoms with Crippen molar-refractivity contribution in [3.05, 3.63) is 35.2 Å². The van der Waals surface area contributed by atoms with Crippen LogP contribution in [0.4, 0.5) is 0 Å². The van der Waals surface area contributed by atoms with E-state index in [0.717, 1.165) is 23.6 Å². The minimum absolute atomic E-state index is 0.192. The number of rotatable bonds is 5. The molecule has 0 saturated carbocycles. The van der Waals surface area contributed by atoms with Crippen LogP contribution in [0.25, 0.3) is 11.5 Å². The fourth-order valence-electron chi connectivity index (χ4n) is 2.53. The second-order valence-corrected chi connectivity index (χ2v) is 6.83. The molecule has 0 radical (unpaired) electrons. The van der Waals surface area contributed by atoms with Crippen LogP contribution in [0.5, 0.6) is 0 Å². The van der Waals surface area contributed by atoms with Gasteiger partial charge in [-0.1, -0.05) is 18.2 Å². The van der Waals surface area contributed by atoms with Crippen molar-refractivity contribution < 1.29 is 13.9 Å². The first-order chi connectivity index (χ1) is 11.7. The van der Waals surface area contributed by atoms with Crippen LogP contribution in [-0.4, -0.2) is 51.3 Å². The van der Waals surface area contributed by atoms with Crippen LogP contribution in [-0.2, 0) is 16.2 Å². The Bertz CT molecular complexity index is 745. The van der Waals surface area contributed by atoms with Gasteiger partial charge < -0.3 is 9.15 Å². The molecule has 0 N–H and O–H groups in total. The third kappa shape index (κ3) is 3.88. The first-order valence-electron chi connectivity index (χ1n) is 7.81. The molecule has 1 atom stereocenters. The molecule has 2 aromatic rings. The monoisotopic (exact) mass is 365 g/mol. The van der Waals surface area contributed by atoms with Gasteiger partial charge in [0.15, 0.2) is 0 Å². The van der Waals surface area contributed by atoms with Crippen molar-refractivity contribution in [2.24, 2.45) is 0 Å². The van der Waals surface area contributed by atoms with Crippen LogP contribution in [0, 0.1) is 4.84 Å². The fourth-order valence-corrected chi connectivity index (χ4v) is 3.81. The van der Waals surface area contributed by atoms with E-state index in [4.69, 9.17) is 21.4 Å². The molecular weight excluding hydrogens is 346 g/mol. The summed E-state index contributed by atoms with van der Waals surface area (Å²) in [5.41, 5.74) is 0.874. The summed E-state index contributed by atoms with van der Waals surface area (Å²) in [6.07, 6.45) is 0. The molecule has 8 heteroatoms. The van der Waals surface area contributed by atoms with Crippen molar-refractivity contribution in [2.45, 2.75) is 19.6 Å². The first-order valence-corrected chi connectivity index (χ1v) is 9.37. The van der Waals surface area contributed by atoms with Crippen molar-refractivity contribution in [3.63, 3.8) is 0 Å². The Kier molecular flexibility index (Phi) is 5.70. The zero-order valence-electron chi connectivity index (χ0n) is 13.4. The van der Waals surface area contributed by atoms with Gasteiger partial charge in [0.25, 0.3) is 4.84 Å². The maximum Gasteiger partial charge on any atom is 0.324 e. The minimum atomic E-state index is -0.275. The number of carbonyl (C=O) groups is 1. The fraction of sp³-hybridized carbons (Fsp3) is 0.438. The highest BCUT2D eigenvalue weighted by Gasteiger charge is 2.31. The summed E-state index contributed by atoms with van der Waals surface area (Å²) in [4.78, 5) is 14.5. The summed E-state index contributed by atoms with van der Waals surface area (Å²) in [7, 11) is 0. The zero-order chi connectivity index (χ0) is 16.9. The molecule has 1 aromatic carbocycles. The second kappa shape index (κ2) is 7.96. The van der Waals surface area contributed by atoms with Crippen LogP contribution < -0.4 is 0 Å². The normalized spacial score (nSPS) is 18.5. The maximum absolute atomic E-state index is 12.2. The minimum Gasteiger partial charge on any atom is -0.465 e. The van der Waals surface area contributed by atoms with Gasteiger partial charge in [0.05, 0.1) is 13.3 Å². The first kappa shape index (κ1) is 17.2. The van der Waals surface area contributed by atoms with Crippen molar-refractivity contribution >= 4 is 29.9 Å². The molecule has 0 amide bonds. The highest BCUT2D eigenvalue weighted by molar-refractivity contribution is 7.99. The van der Waals surface area contributed by atoms with Gasteiger partial charge in [-0.2, -0.15) is 11.8 Å². The van der Waals surface area contributed by atoms with Crippen molar-refractivity contribution in [1.29, 1.82) is 0 Å². The summed E-state index contributed by atoms with van der Waals surface area (Å²) in [5, 5.41) is 4.46. The van der Waals surface area contributed by atoms with Gasteiger partial charge in [0.1, 0.15) is 6.04 Å². The largest absolute Gasteiger partial charge is 0.465 e. The Labute approximate surface area is 149 Å². The second-order valence-electron chi connectivity index (χ2n) is 5.34. The van der Waals surface area contributed by atoms with Gasteiger partial charge in [0, 0.05) is 23.6 Å². The highest BCUT2D eigenvalue weighted by atomic mass is 32.2. The molecule has 0 spiro atoms. The molecule has 1 aliphatic heterocycles. The number of thioether (sulfide) groups is 1. The number of benzene rings is 1. The van der Waals surface area contributed by atoms with Crippen molar-refractivity contribution in [2.75, 3.05) is 24.7 Å². The molecule has 1 saturated heterocycles. The molecular formula is C16H19N3O3S2. The van der Waals surface area contributed by atoms with E-state index in [1.807, 2.05) is 42.2 Å². The van der Waals surface area contributed by atoms with E-state index >= 15 is 0 Å². The lowest BCUT2D eigenvalue weighted by Gasteiger charge is -2.32. The molecule has 3 rings (SSSR count). The average molecular weight is 365 g/mol. The quantitative estimate of drug-likeness (QED) is 0.596. The lowest BCUT2D eigenvalue weighted by molar-refractivity contribution is -0.149. The predicted octanol–water partition coefficient (Wildman–Crippen LogP) is 2.81. The van der Waals surface area contributed by atoms with Crippen molar-refractivity contribution in [1.82, 2.24) is 14.7 Å². The maximum atomic E-state index is 12.2. The Balaban J connectivity index is 1.78. The van der Waals surface area contributed by atoms with Gasteiger partial charge in [0.2, 0.25) is 5.89 Å². The van der Waals surface area contributed by atoms with E-state index in [1.165, 1.54) is 0 Å². The Morgan fingerprint density at radius 1 is 1.46 bits per heavy atom. The van der Waals surface area contributed by atoms with Crippen LogP contribution >= 0.6 is 24.0 Å². The number of ether oxygens (including phenoxy) is 1. The molecule has 0 aliphatic carbocycles. The third-order valence-corrected chi connectivity index (χ3v) is 5.06. The molecule has 1 fully saturated rings. The molecule has 0 bridgehead atoms. The van der Waals surface area contributed by atoms with Gasteiger partial charge in [-0.05, 0) is 31.3 Å². The number of esters is 1. The summed E-state index contributed by atoms with van der Waals surface area (Å²) in [5.74, 6) is 1.98. The summed E-state index contributed by atoms with van der Waals surface area (Å²) < 4.78 is 12.4. The Morgan fingerprint density at radius 2 is 2.25 bits per heavy atom. The smallest absolute Gasteiger partial charge is 0.324 e. The summed E-state index contributed by atoms with van der Waals surface area (Å²) in [6, 6.07) is 9.34. The van der Waals surface area contributed by atoms with Crippen molar-refractivity contribution in [3.8, 4) is 11.5 Å². The lowest BCUT2D eigenvalue weighted by Crippen LogP contribution is -2.48. The van der Waals surface area contributed by atoms with Gasteiger partial charge >= 0.3 is 5.97 Å². The third-order valence-electron chi connectivity index (χ3n) is 3.74. The van der Waals surface area contributed by atoms with Crippen LogP contribution in [0.3, 0.4) is 0 Å². The Hall–Kier alpha value is -1.64. The van der Waals surface area contributed by atoms with Gasteiger partial charge in [-0.15, -0.1) is 5.10 Å². The number of nitrogens with zero attached hydrogens (tertiary/aromatic N) is 3. The SMILES string of the molecule is CCOC(=O)[C@H]1CSCCN1Cn1nc(-c2ccccc2)oc1=S. The zero-order valence-corrected chi connectivity index (χ0v) is 15.0. The summed E-state index contributed by atoms with van der Waals surface area (Å²) in [6.45, 7) is 3.40. The highest BCUT2D eigenvalue weighted by Crippen LogP contribution is 2.21. The molecule has 6 nitrogen and oxygen atoms in total. The molecule has 24 heavy (non-hydrogen) atoms. The van der Waals surface area contributed by atoms with Gasteiger partial charge in [-0.25, -0.2) is 4.68 Å².